The minimum Gasteiger partial charge on any atom is -0.316 e. The summed E-state index contributed by atoms with van der Waals surface area (Å²) in [6.45, 7) is 9.44. The third-order valence-electron chi connectivity index (χ3n) is 9.01. The highest BCUT2D eigenvalue weighted by molar-refractivity contribution is 5.15. The summed E-state index contributed by atoms with van der Waals surface area (Å²) in [6.07, 6.45) is 36.6. The summed E-state index contributed by atoms with van der Waals surface area (Å²) in [7, 11) is 0. The maximum absolute atomic E-state index is 2.46. The molecule has 2 aromatic rings. The SMILES string of the molecule is CCCCCCC/C=C/CCCCC[N+](CCCCC/C=C/CCCCCCC)(Cc1ccccc1)Cc1ccccc1. The number of benzene rings is 2. The van der Waals surface area contributed by atoms with Gasteiger partial charge in [-0.1, -0.05) is 150 Å². The number of allylic oxidation sites excluding steroid dienone is 4. The van der Waals surface area contributed by atoms with Crippen LogP contribution in [-0.4, -0.2) is 17.6 Å². The molecule has 0 aliphatic carbocycles. The van der Waals surface area contributed by atoms with Crippen molar-refractivity contribution in [3.05, 3.63) is 96.1 Å². The topological polar surface area (TPSA) is 0 Å². The molecule has 1 heteroatoms. The lowest BCUT2D eigenvalue weighted by Gasteiger charge is -2.39. The molecule has 0 saturated carbocycles. The van der Waals surface area contributed by atoms with Crippen LogP contribution in [-0.2, 0) is 13.1 Å². The van der Waals surface area contributed by atoms with E-state index in [2.05, 4.69) is 98.8 Å². The Balaban J connectivity index is 1.86. The molecule has 43 heavy (non-hydrogen) atoms. The van der Waals surface area contributed by atoms with Crippen molar-refractivity contribution in [2.75, 3.05) is 13.1 Å². The number of hydrogen-bond acceptors (Lipinski definition) is 0. The Morgan fingerprint density at radius 3 is 1.07 bits per heavy atom. The van der Waals surface area contributed by atoms with Crippen LogP contribution in [0.15, 0.2) is 85.0 Å². The second-order valence-corrected chi connectivity index (χ2v) is 13.1. The van der Waals surface area contributed by atoms with Crippen molar-refractivity contribution in [2.24, 2.45) is 0 Å². The highest BCUT2D eigenvalue weighted by Gasteiger charge is 2.27. The van der Waals surface area contributed by atoms with Crippen molar-refractivity contribution >= 4 is 0 Å². The van der Waals surface area contributed by atoms with E-state index in [9.17, 15) is 0 Å². The summed E-state index contributed by atoms with van der Waals surface area (Å²) in [5.74, 6) is 0. The van der Waals surface area contributed by atoms with E-state index in [0.717, 1.165) is 13.1 Å². The molecule has 0 N–H and O–H groups in total. The van der Waals surface area contributed by atoms with Crippen LogP contribution in [0.1, 0.15) is 153 Å². The molecule has 2 aromatic carbocycles. The number of quaternary nitrogens is 1. The molecule has 0 unspecified atom stereocenters. The van der Waals surface area contributed by atoms with Crippen LogP contribution in [0.4, 0.5) is 0 Å². The fourth-order valence-electron chi connectivity index (χ4n) is 6.40. The van der Waals surface area contributed by atoms with Crippen LogP contribution < -0.4 is 0 Å². The molecule has 0 bridgehead atoms. The van der Waals surface area contributed by atoms with Crippen LogP contribution in [0, 0.1) is 0 Å². The Kier molecular flexibility index (Phi) is 22.7. The van der Waals surface area contributed by atoms with Crippen molar-refractivity contribution in [3.63, 3.8) is 0 Å². The van der Waals surface area contributed by atoms with E-state index < -0.39 is 0 Å². The molecule has 0 aliphatic heterocycles. The van der Waals surface area contributed by atoms with Crippen molar-refractivity contribution in [3.8, 4) is 0 Å². The van der Waals surface area contributed by atoms with Gasteiger partial charge in [0.15, 0.2) is 0 Å². The van der Waals surface area contributed by atoms with E-state index in [4.69, 9.17) is 0 Å². The highest BCUT2D eigenvalue weighted by atomic mass is 15.3. The quantitative estimate of drug-likeness (QED) is 0.0528. The van der Waals surface area contributed by atoms with Crippen LogP contribution in [0.5, 0.6) is 0 Å². The van der Waals surface area contributed by atoms with Crippen LogP contribution >= 0.6 is 0 Å². The monoisotopic (exact) mass is 587 g/mol. The Morgan fingerprint density at radius 2 is 0.721 bits per heavy atom. The summed E-state index contributed by atoms with van der Waals surface area (Å²) in [6, 6.07) is 22.6. The first kappa shape index (κ1) is 37.1. The zero-order valence-electron chi connectivity index (χ0n) is 28.5. The summed E-state index contributed by atoms with van der Waals surface area (Å²) < 4.78 is 1.19. The second-order valence-electron chi connectivity index (χ2n) is 13.1. The molecule has 0 heterocycles. The molecular formula is C42H68N+. The lowest BCUT2D eigenvalue weighted by molar-refractivity contribution is -0.954. The normalized spacial score (nSPS) is 12.1. The van der Waals surface area contributed by atoms with E-state index in [1.165, 1.54) is 157 Å². The van der Waals surface area contributed by atoms with E-state index in [1.807, 2.05) is 0 Å². The molecule has 2 rings (SSSR count). The van der Waals surface area contributed by atoms with Gasteiger partial charge in [-0.25, -0.2) is 0 Å². The molecule has 0 radical (unpaired) electrons. The van der Waals surface area contributed by atoms with Gasteiger partial charge in [-0.2, -0.15) is 0 Å². The van der Waals surface area contributed by atoms with Gasteiger partial charge in [0.25, 0.3) is 0 Å². The standard InChI is InChI=1S/C42H68N/c1-3-5-7-9-11-13-15-17-19-21-23-31-37-43(39-41-33-27-25-28-34-41,40-42-35-29-26-30-36-42)38-32-24-22-20-18-16-14-12-10-8-6-4-2/h15-18,25-30,33-36H,3-14,19-24,31-32,37-40H2,1-2H3/q+1/b17-15+,18-16+. The fourth-order valence-corrected chi connectivity index (χ4v) is 6.40. The molecule has 1 nitrogen and oxygen atoms in total. The molecule has 0 saturated heterocycles. The fraction of sp³-hybridized carbons (Fsp3) is 0.619. The molecule has 0 amide bonds. The molecule has 0 fully saturated rings. The number of nitrogens with zero attached hydrogens (tertiary/aromatic N) is 1. The first-order chi connectivity index (χ1) is 21.3. The lowest BCUT2D eigenvalue weighted by atomic mass is 10.1. The third kappa shape index (κ3) is 19.7. The van der Waals surface area contributed by atoms with Gasteiger partial charge in [0.1, 0.15) is 13.1 Å². The molecule has 0 atom stereocenters. The van der Waals surface area contributed by atoms with Gasteiger partial charge in [0.05, 0.1) is 13.1 Å². The summed E-state index contributed by atoms with van der Waals surface area (Å²) in [5, 5.41) is 0. The molecular weight excluding hydrogens is 518 g/mol. The maximum Gasteiger partial charge on any atom is 0.105 e. The Labute approximate surface area is 268 Å². The van der Waals surface area contributed by atoms with E-state index in [1.54, 1.807) is 0 Å². The van der Waals surface area contributed by atoms with Crippen LogP contribution in [0.25, 0.3) is 0 Å². The highest BCUT2D eigenvalue weighted by Crippen LogP contribution is 2.24. The van der Waals surface area contributed by atoms with Crippen LogP contribution in [0.3, 0.4) is 0 Å². The van der Waals surface area contributed by atoms with Gasteiger partial charge in [0.2, 0.25) is 0 Å². The molecule has 0 aromatic heterocycles. The second kappa shape index (κ2) is 26.3. The van der Waals surface area contributed by atoms with Gasteiger partial charge in [-0.15, -0.1) is 0 Å². The van der Waals surface area contributed by atoms with E-state index in [-0.39, 0.29) is 0 Å². The van der Waals surface area contributed by atoms with Gasteiger partial charge >= 0.3 is 0 Å². The van der Waals surface area contributed by atoms with Gasteiger partial charge in [-0.05, 0) is 77.0 Å². The van der Waals surface area contributed by atoms with Crippen molar-refractivity contribution < 1.29 is 4.48 Å². The molecule has 0 aliphatic rings. The first-order valence-corrected chi connectivity index (χ1v) is 18.5. The lowest BCUT2D eigenvalue weighted by Crippen LogP contribution is -2.48. The van der Waals surface area contributed by atoms with E-state index in [0.29, 0.717) is 0 Å². The Bertz CT molecular complexity index is 835. The van der Waals surface area contributed by atoms with Gasteiger partial charge in [0, 0.05) is 11.1 Å². The average Bonchev–Trinajstić information content (AvgIpc) is 3.03. The Hall–Kier alpha value is -2.12. The van der Waals surface area contributed by atoms with Crippen molar-refractivity contribution in [1.82, 2.24) is 0 Å². The minimum atomic E-state index is 1.14. The van der Waals surface area contributed by atoms with Crippen LogP contribution in [0.2, 0.25) is 0 Å². The molecule has 240 valence electrons. The largest absolute Gasteiger partial charge is 0.316 e. The smallest absolute Gasteiger partial charge is 0.105 e. The third-order valence-corrected chi connectivity index (χ3v) is 9.01. The van der Waals surface area contributed by atoms with E-state index >= 15 is 0 Å². The van der Waals surface area contributed by atoms with Gasteiger partial charge < -0.3 is 4.48 Å². The Morgan fingerprint density at radius 1 is 0.395 bits per heavy atom. The average molecular weight is 587 g/mol. The van der Waals surface area contributed by atoms with Gasteiger partial charge in [-0.3, -0.25) is 0 Å². The maximum atomic E-state index is 2.46. The van der Waals surface area contributed by atoms with Crippen molar-refractivity contribution in [1.29, 1.82) is 0 Å². The van der Waals surface area contributed by atoms with Crippen molar-refractivity contribution in [2.45, 2.75) is 155 Å². The number of hydrogen-bond donors (Lipinski definition) is 0. The zero-order valence-corrected chi connectivity index (χ0v) is 28.5. The minimum absolute atomic E-state index is 1.14. The molecule has 0 spiro atoms. The number of unbranched alkanes of at least 4 members (excludes halogenated alkanes) is 16. The predicted octanol–water partition coefficient (Wildman–Crippen LogP) is 13.2. The summed E-state index contributed by atoms with van der Waals surface area (Å²) in [4.78, 5) is 0. The summed E-state index contributed by atoms with van der Waals surface area (Å²) in [5.41, 5.74) is 2.98. The zero-order chi connectivity index (χ0) is 30.5. The number of rotatable bonds is 28. The first-order valence-electron chi connectivity index (χ1n) is 18.5. The summed E-state index contributed by atoms with van der Waals surface area (Å²) >= 11 is 0. The predicted molar refractivity (Wildman–Crippen MR) is 192 cm³/mol.